The highest BCUT2D eigenvalue weighted by Gasteiger charge is 2.07. The first-order chi connectivity index (χ1) is 9.40. The fraction of sp³-hybridized carbons (Fsp3) is 0.533. The molecular weight excluding hydrogens is 254 g/mol. The first-order valence-corrected chi connectivity index (χ1v) is 6.86. The Bertz CT molecular complexity index is 445. The van der Waals surface area contributed by atoms with Gasteiger partial charge in [0.25, 0.3) is 0 Å². The van der Waals surface area contributed by atoms with Gasteiger partial charge < -0.3 is 20.6 Å². The first-order valence-electron chi connectivity index (χ1n) is 6.86. The van der Waals surface area contributed by atoms with Gasteiger partial charge in [0.15, 0.2) is 0 Å². The van der Waals surface area contributed by atoms with Gasteiger partial charge in [-0.05, 0) is 37.5 Å². The quantitative estimate of drug-likeness (QED) is 0.741. The van der Waals surface area contributed by atoms with Crippen LogP contribution >= 0.6 is 0 Å². The highest BCUT2D eigenvalue weighted by molar-refractivity contribution is 5.74. The number of hydrogen-bond donors (Lipinski definition) is 3. The smallest absolute Gasteiger partial charge is 0.315 e. The van der Waals surface area contributed by atoms with Gasteiger partial charge in [0.1, 0.15) is 0 Å². The minimum atomic E-state index is -0.396. The van der Waals surface area contributed by atoms with Gasteiger partial charge in [0.05, 0.1) is 6.10 Å². The molecule has 0 saturated heterocycles. The van der Waals surface area contributed by atoms with Gasteiger partial charge >= 0.3 is 6.03 Å². The highest BCUT2D eigenvalue weighted by Crippen LogP contribution is 2.19. The number of aryl methyl sites for hydroxylation is 1. The number of amides is 2. The number of hydrogen-bond acceptors (Lipinski definition) is 3. The maximum atomic E-state index is 11.6. The van der Waals surface area contributed by atoms with Crippen LogP contribution in [-0.4, -0.2) is 37.9 Å². The van der Waals surface area contributed by atoms with E-state index in [4.69, 9.17) is 5.11 Å². The lowest BCUT2D eigenvalue weighted by Gasteiger charge is -2.18. The molecule has 1 rings (SSSR count). The topological polar surface area (TPSA) is 64.6 Å². The van der Waals surface area contributed by atoms with Crippen LogP contribution < -0.4 is 15.5 Å². The van der Waals surface area contributed by atoms with E-state index < -0.39 is 6.10 Å². The Labute approximate surface area is 121 Å². The minimum Gasteiger partial charge on any atom is -0.393 e. The number of rotatable bonds is 6. The molecule has 0 aliphatic heterocycles. The van der Waals surface area contributed by atoms with E-state index in [1.54, 1.807) is 6.92 Å². The van der Waals surface area contributed by atoms with Crippen molar-refractivity contribution in [3.8, 4) is 0 Å². The van der Waals surface area contributed by atoms with E-state index in [0.717, 1.165) is 11.3 Å². The molecular formula is C15H25N3O2. The highest BCUT2D eigenvalue weighted by atomic mass is 16.3. The molecule has 20 heavy (non-hydrogen) atoms. The molecule has 0 aliphatic rings. The number of carbonyl (C=O) groups is 1. The molecule has 0 fully saturated rings. The molecule has 0 aromatic heterocycles. The van der Waals surface area contributed by atoms with Crippen LogP contribution in [0.3, 0.4) is 0 Å². The van der Waals surface area contributed by atoms with E-state index in [9.17, 15) is 4.79 Å². The Morgan fingerprint density at radius 2 is 2.05 bits per heavy atom. The normalized spacial score (nSPS) is 11.8. The van der Waals surface area contributed by atoms with Crippen LogP contribution in [0.15, 0.2) is 18.2 Å². The van der Waals surface area contributed by atoms with E-state index in [0.29, 0.717) is 19.5 Å². The van der Waals surface area contributed by atoms with Crippen LogP contribution in [0.1, 0.15) is 24.5 Å². The molecule has 5 heteroatoms. The zero-order valence-corrected chi connectivity index (χ0v) is 12.7. The fourth-order valence-corrected chi connectivity index (χ4v) is 1.87. The van der Waals surface area contributed by atoms with E-state index in [-0.39, 0.29) is 6.03 Å². The average molecular weight is 279 g/mol. The molecule has 1 aromatic rings. The Balaban J connectivity index is 2.51. The predicted molar refractivity (Wildman–Crippen MR) is 82.0 cm³/mol. The third-order valence-corrected chi connectivity index (χ3v) is 3.01. The molecule has 0 bridgehead atoms. The molecule has 112 valence electrons. The van der Waals surface area contributed by atoms with Crippen LogP contribution in [0.2, 0.25) is 0 Å². The lowest BCUT2D eigenvalue weighted by atomic mass is 10.1. The summed E-state index contributed by atoms with van der Waals surface area (Å²) in [5.41, 5.74) is 3.37. The van der Waals surface area contributed by atoms with E-state index in [1.165, 1.54) is 5.56 Å². The number of aliphatic hydroxyl groups excluding tert-OH is 1. The van der Waals surface area contributed by atoms with Gasteiger partial charge in [-0.2, -0.15) is 0 Å². The lowest BCUT2D eigenvalue weighted by molar-refractivity contribution is 0.183. The molecule has 5 nitrogen and oxygen atoms in total. The van der Waals surface area contributed by atoms with Crippen molar-refractivity contribution < 1.29 is 9.90 Å². The third kappa shape index (κ3) is 5.48. The Morgan fingerprint density at radius 1 is 1.35 bits per heavy atom. The summed E-state index contributed by atoms with van der Waals surface area (Å²) in [6.07, 6.45) is 0.161. The number of benzene rings is 1. The van der Waals surface area contributed by atoms with Crippen molar-refractivity contribution in [1.82, 2.24) is 10.6 Å². The maximum absolute atomic E-state index is 11.6. The SMILES string of the molecule is Cc1ccc(CNC(=O)NCCC(C)O)c(N(C)C)c1. The Hall–Kier alpha value is -1.75. The van der Waals surface area contributed by atoms with Gasteiger partial charge in [0.2, 0.25) is 0 Å². The third-order valence-electron chi connectivity index (χ3n) is 3.01. The summed E-state index contributed by atoms with van der Waals surface area (Å²) < 4.78 is 0. The lowest BCUT2D eigenvalue weighted by Crippen LogP contribution is -2.36. The molecule has 0 heterocycles. The molecule has 2 amide bonds. The minimum absolute atomic E-state index is 0.212. The molecule has 0 aliphatic carbocycles. The van der Waals surface area contributed by atoms with Crippen molar-refractivity contribution in [2.45, 2.75) is 32.9 Å². The van der Waals surface area contributed by atoms with Gasteiger partial charge in [-0.1, -0.05) is 12.1 Å². The summed E-state index contributed by atoms with van der Waals surface area (Å²) in [6.45, 7) is 4.70. The summed E-state index contributed by atoms with van der Waals surface area (Å²) in [5, 5.41) is 14.7. The number of urea groups is 1. The predicted octanol–water partition coefficient (Wildman–Crippen LogP) is 1.63. The monoisotopic (exact) mass is 279 g/mol. The van der Waals surface area contributed by atoms with Crippen LogP contribution in [0, 0.1) is 6.92 Å². The van der Waals surface area contributed by atoms with E-state index >= 15 is 0 Å². The molecule has 3 N–H and O–H groups in total. The van der Waals surface area contributed by atoms with Crippen molar-refractivity contribution in [3.05, 3.63) is 29.3 Å². The Morgan fingerprint density at radius 3 is 2.65 bits per heavy atom. The van der Waals surface area contributed by atoms with Crippen molar-refractivity contribution in [3.63, 3.8) is 0 Å². The molecule has 0 spiro atoms. The number of nitrogens with zero attached hydrogens (tertiary/aromatic N) is 1. The zero-order valence-electron chi connectivity index (χ0n) is 12.7. The summed E-state index contributed by atoms with van der Waals surface area (Å²) >= 11 is 0. The van der Waals surface area contributed by atoms with Crippen LogP contribution in [-0.2, 0) is 6.54 Å². The maximum Gasteiger partial charge on any atom is 0.315 e. The standard InChI is InChI=1S/C15H25N3O2/c1-11-5-6-13(14(9-11)18(3)4)10-17-15(20)16-8-7-12(2)19/h5-6,9,12,19H,7-8,10H2,1-4H3,(H2,16,17,20). The molecule has 1 aromatic carbocycles. The molecule has 0 saturated carbocycles. The fourth-order valence-electron chi connectivity index (χ4n) is 1.87. The summed E-state index contributed by atoms with van der Waals surface area (Å²) in [4.78, 5) is 13.7. The van der Waals surface area contributed by atoms with Gasteiger partial charge in [0, 0.05) is 32.9 Å². The van der Waals surface area contributed by atoms with Gasteiger partial charge in [-0.25, -0.2) is 4.79 Å². The largest absolute Gasteiger partial charge is 0.393 e. The summed E-state index contributed by atoms with van der Waals surface area (Å²) in [5.74, 6) is 0. The molecule has 1 unspecified atom stereocenters. The second-order valence-corrected chi connectivity index (χ2v) is 5.27. The molecule has 1 atom stereocenters. The van der Waals surface area contributed by atoms with Crippen LogP contribution in [0.5, 0.6) is 0 Å². The number of aliphatic hydroxyl groups is 1. The summed E-state index contributed by atoms with van der Waals surface area (Å²) in [6, 6.07) is 5.95. The van der Waals surface area contributed by atoms with E-state index in [2.05, 4.69) is 16.7 Å². The first kappa shape index (κ1) is 16.3. The van der Waals surface area contributed by atoms with Gasteiger partial charge in [-0.3, -0.25) is 0 Å². The van der Waals surface area contributed by atoms with Crippen molar-refractivity contribution in [2.24, 2.45) is 0 Å². The van der Waals surface area contributed by atoms with Crippen LogP contribution in [0.4, 0.5) is 10.5 Å². The van der Waals surface area contributed by atoms with Crippen molar-refractivity contribution in [1.29, 1.82) is 0 Å². The Kier molecular flexibility index (Phi) is 6.31. The number of anilines is 1. The zero-order chi connectivity index (χ0) is 15.1. The second kappa shape index (κ2) is 7.75. The second-order valence-electron chi connectivity index (χ2n) is 5.27. The summed E-state index contributed by atoms with van der Waals surface area (Å²) in [7, 11) is 3.97. The van der Waals surface area contributed by atoms with Gasteiger partial charge in [-0.15, -0.1) is 0 Å². The van der Waals surface area contributed by atoms with Crippen LogP contribution in [0.25, 0.3) is 0 Å². The average Bonchev–Trinajstić information content (AvgIpc) is 2.36. The van der Waals surface area contributed by atoms with E-state index in [1.807, 2.05) is 38.1 Å². The number of carbonyl (C=O) groups excluding carboxylic acids is 1. The number of nitrogens with one attached hydrogen (secondary N) is 2. The molecule has 0 radical (unpaired) electrons. The van der Waals surface area contributed by atoms with Crippen molar-refractivity contribution >= 4 is 11.7 Å². The van der Waals surface area contributed by atoms with Crippen molar-refractivity contribution in [2.75, 3.05) is 25.5 Å².